The molecular weight excluding hydrogens is 396 g/mol. The van der Waals surface area contributed by atoms with Crippen LogP contribution in [-0.4, -0.2) is 35.3 Å². The van der Waals surface area contributed by atoms with E-state index < -0.39 is 0 Å². The molecule has 1 saturated heterocycles. The fourth-order valence-corrected chi connectivity index (χ4v) is 5.68. The number of fused-ring (bicyclic) bond motifs is 2. The molecule has 0 bridgehead atoms. The Morgan fingerprint density at radius 2 is 2.32 bits per heavy atom. The van der Waals surface area contributed by atoms with Crippen molar-refractivity contribution in [3.8, 4) is 11.4 Å². The van der Waals surface area contributed by atoms with E-state index in [0.29, 0.717) is 0 Å². The summed E-state index contributed by atoms with van der Waals surface area (Å²) in [7, 11) is 1.66. The molecular formula is C20H21ClN4O2S. The molecule has 1 N–H and O–H groups in total. The number of nitrogens with zero attached hydrogens (tertiary/aromatic N) is 3. The Bertz CT molecular complexity index is 1000. The lowest BCUT2D eigenvalue weighted by atomic mass is 9.82. The van der Waals surface area contributed by atoms with Gasteiger partial charge >= 0.3 is 0 Å². The highest BCUT2D eigenvalue weighted by molar-refractivity contribution is 7.16. The molecule has 3 aromatic rings. The number of benzene rings is 1. The van der Waals surface area contributed by atoms with Gasteiger partial charge in [0.05, 0.1) is 36.0 Å². The van der Waals surface area contributed by atoms with Gasteiger partial charge in [-0.3, -0.25) is 0 Å². The Kier molecular flexibility index (Phi) is 4.63. The van der Waals surface area contributed by atoms with Gasteiger partial charge in [0.2, 0.25) is 0 Å². The van der Waals surface area contributed by atoms with Gasteiger partial charge in [-0.2, -0.15) is 0 Å². The molecule has 28 heavy (non-hydrogen) atoms. The lowest BCUT2D eigenvalue weighted by Gasteiger charge is -2.43. The third kappa shape index (κ3) is 3.12. The third-order valence-electron chi connectivity index (χ3n) is 5.58. The smallest absolute Gasteiger partial charge is 0.121 e. The summed E-state index contributed by atoms with van der Waals surface area (Å²) in [4.78, 5) is 1.29. The van der Waals surface area contributed by atoms with E-state index in [1.807, 2.05) is 30.5 Å². The number of methoxy groups -OCH3 is 1. The number of rotatable bonds is 3. The first-order valence-corrected chi connectivity index (χ1v) is 10.6. The van der Waals surface area contributed by atoms with Gasteiger partial charge in [-0.25, -0.2) is 4.68 Å². The minimum atomic E-state index is -0.277. The van der Waals surface area contributed by atoms with Crippen LogP contribution in [0.3, 0.4) is 0 Å². The normalized spacial score (nSPS) is 24.3. The number of nitrogens with one attached hydrogen (secondary N) is 1. The molecule has 0 aliphatic carbocycles. The number of thiophene rings is 1. The quantitative estimate of drug-likeness (QED) is 0.702. The van der Waals surface area contributed by atoms with E-state index in [-0.39, 0.29) is 11.6 Å². The van der Waals surface area contributed by atoms with Crippen molar-refractivity contribution < 1.29 is 9.47 Å². The van der Waals surface area contributed by atoms with Gasteiger partial charge in [-0.15, -0.1) is 16.4 Å². The number of ether oxygens (including phenoxy) is 2. The van der Waals surface area contributed by atoms with Crippen molar-refractivity contribution >= 4 is 22.9 Å². The molecule has 2 aromatic heterocycles. The van der Waals surface area contributed by atoms with Crippen LogP contribution in [0.1, 0.15) is 35.0 Å². The first-order valence-electron chi connectivity index (χ1n) is 9.40. The second kappa shape index (κ2) is 7.15. The molecule has 2 atom stereocenters. The average molecular weight is 417 g/mol. The van der Waals surface area contributed by atoms with E-state index >= 15 is 0 Å². The van der Waals surface area contributed by atoms with Crippen molar-refractivity contribution in [1.29, 1.82) is 0 Å². The molecule has 5 rings (SSSR count). The SMILES string of the molecule is COc1cccc(-n2cc([C@@H]3C[C@]4(CCN3)OCCc3cc(Cl)sc34)nn2)c1. The molecule has 6 nitrogen and oxygen atoms in total. The molecule has 8 heteroatoms. The van der Waals surface area contributed by atoms with Crippen LogP contribution < -0.4 is 10.1 Å². The molecule has 4 heterocycles. The molecule has 1 spiro atoms. The van der Waals surface area contributed by atoms with Crippen molar-refractivity contribution in [2.45, 2.75) is 30.9 Å². The zero-order valence-corrected chi connectivity index (χ0v) is 17.1. The maximum atomic E-state index is 6.36. The highest BCUT2D eigenvalue weighted by Crippen LogP contribution is 2.48. The number of halogens is 1. The summed E-state index contributed by atoms with van der Waals surface area (Å²) in [6, 6.07) is 9.97. The van der Waals surface area contributed by atoms with Crippen LogP contribution in [0.2, 0.25) is 4.34 Å². The fraction of sp³-hybridized carbons (Fsp3) is 0.400. The van der Waals surface area contributed by atoms with Gasteiger partial charge in [-0.1, -0.05) is 22.9 Å². The largest absolute Gasteiger partial charge is 0.497 e. The lowest BCUT2D eigenvalue weighted by molar-refractivity contribution is -0.0871. The molecule has 1 fully saturated rings. The summed E-state index contributed by atoms with van der Waals surface area (Å²) in [6.07, 6.45) is 4.69. The van der Waals surface area contributed by atoms with Crippen LogP contribution in [0.25, 0.3) is 5.69 Å². The number of aromatic nitrogens is 3. The molecule has 0 radical (unpaired) electrons. The summed E-state index contributed by atoms with van der Waals surface area (Å²) in [6.45, 7) is 1.61. The van der Waals surface area contributed by atoms with Gasteiger partial charge in [0, 0.05) is 17.4 Å². The highest BCUT2D eigenvalue weighted by atomic mass is 35.5. The second-order valence-corrected chi connectivity index (χ2v) is 8.93. The number of hydrogen-bond donors (Lipinski definition) is 1. The predicted molar refractivity (Wildman–Crippen MR) is 109 cm³/mol. The van der Waals surface area contributed by atoms with Crippen molar-refractivity contribution in [3.05, 3.63) is 57.0 Å². The zero-order chi connectivity index (χ0) is 19.1. The molecule has 1 aromatic carbocycles. The summed E-state index contributed by atoms with van der Waals surface area (Å²) < 4.78 is 14.3. The van der Waals surface area contributed by atoms with Gasteiger partial charge < -0.3 is 14.8 Å². The summed E-state index contributed by atoms with van der Waals surface area (Å²) in [5.41, 5.74) is 2.90. The van der Waals surface area contributed by atoms with E-state index in [4.69, 9.17) is 21.1 Å². The van der Waals surface area contributed by atoms with E-state index in [9.17, 15) is 0 Å². The fourth-order valence-electron chi connectivity index (χ4n) is 4.20. The van der Waals surface area contributed by atoms with Crippen molar-refractivity contribution in [2.24, 2.45) is 0 Å². The Balaban J connectivity index is 1.43. The minimum absolute atomic E-state index is 0.0833. The van der Waals surface area contributed by atoms with Crippen molar-refractivity contribution in [2.75, 3.05) is 20.3 Å². The maximum absolute atomic E-state index is 6.36. The van der Waals surface area contributed by atoms with Crippen LogP contribution in [0, 0.1) is 0 Å². The summed E-state index contributed by atoms with van der Waals surface area (Å²) in [5.74, 6) is 0.794. The van der Waals surface area contributed by atoms with E-state index in [2.05, 4.69) is 21.7 Å². The van der Waals surface area contributed by atoms with E-state index in [1.54, 1.807) is 23.1 Å². The Hall–Kier alpha value is -1.93. The summed E-state index contributed by atoms with van der Waals surface area (Å²) in [5, 5.41) is 12.4. The van der Waals surface area contributed by atoms with Crippen LogP contribution in [-0.2, 0) is 16.8 Å². The Morgan fingerprint density at radius 1 is 1.39 bits per heavy atom. The van der Waals surface area contributed by atoms with Gasteiger partial charge in [0.15, 0.2) is 0 Å². The Labute approximate surface area is 172 Å². The van der Waals surface area contributed by atoms with Gasteiger partial charge in [0.25, 0.3) is 0 Å². The number of hydrogen-bond acceptors (Lipinski definition) is 6. The molecule has 0 amide bonds. The van der Waals surface area contributed by atoms with Crippen LogP contribution in [0.15, 0.2) is 36.5 Å². The monoisotopic (exact) mass is 416 g/mol. The van der Waals surface area contributed by atoms with Crippen LogP contribution in [0.4, 0.5) is 0 Å². The zero-order valence-electron chi connectivity index (χ0n) is 15.5. The molecule has 0 saturated carbocycles. The van der Waals surface area contributed by atoms with Gasteiger partial charge in [-0.05, 0) is 43.1 Å². The third-order valence-corrected chi connectivity index (χ3v) is 7.07. The average Bonchev–Trinajstić information content (AvgIpc) is 3.36. The minimum Gasteiger partial charge on any atom is -0.497 e. The van der Waals surface area contributed by atoms with Crippen LogP contribution >= 0.6 is 22.9 Å². The molecule has 2 aliphatic heterocycles. The molecule has 146 valence electrons. The van der Waals surface area contributed by atoms with E-state index in [0.717, 1.165) is 53.9 Å². The number of piperidine rings is 1. The predicted octanol–water partition coefficient (Wildman–Crippen LogP) is 3.88. The van der Waals surface area contributed by atoms with Gasteiger partial charge in [0.1, 0.15) is 17.0 Å². The Morgan fingerprint density at radius 3 is 3.21 bits per heavy atom. The lowest BCUT2D eigenvalue weighted by Crippen LogP contribution is -2.45. The van der Waals surface area contributed by atoms with Crippen molar-refractivity contribution in [1.82, 2.24) is 20.3 Å². The van der Waals surface area contributed by atoms with Crippen LogP contribution in [0.5, 0.6) is 5.75 Å². The molecule has 2 aliphatic rings. The maximum Gasteiger partial charge on any atom is 0.121 e. The second-order valence-electron chi connectivity index (χ2n) is 7.25. The highest BCUT2D eigenvalue weighted by Gasteiger charge is 2.44. The topological polar surface area (TPSA) is 61.2 Å². The molecule has 0 unspecified atom stereocenters. The first kappa shape index (κ1) is 18.1. The van der Waals surface area contributed by atoms with E-state index in [1.165, 1.54) is 10.4 Å². The first-order chi connectivity index (χ1) is 13.7. The van der Waals surface area contributed by atoms with Crippen molar-refractivity contribution in [3.63, 3.8) is 0 Å². The summed E-state index contributed by atoms with van der Waals surface area (Å²) >= 11 is 7.97. The standard InChI is InChI=1S/C20H21ClN4O2S/c1-26-15-4-2-3-14(10-15)25-12-17(23-24-25)16-11-20(6-7-22-16)19-13(5-8-27-20)9-18(21)28-19/h2-4,9-10,12,16,22H,5-8,11H2,1H3/t16-,20-/m0/s1.